The van der Waals surface area contributed by atoms with Crippen LogP contribution in [0.2, 0.25) is 0 Å². The molecule has 1 unspecified atom stereocenters. The number of amides is 1. The molecule has 1 saturated carbocycles. The quantitative estimate of drug-likeness (QED) is 0.728. The first-order valence-corrected chi connectivity index (χ1v) is 9.59. The average Bonchev–Trinajstić information content (AvgIpc) is 3.23. The van der Waals surface area contributed by atoms with Crippen LogP contribution in [0, 0.1) is 0 Å². The average molecular weight is 368 g/mol. The maximum atomic E-state index is 12.6. The van der Waals surface area contributed by atoms with Crippen molar-refractivity contribution in [3.8, 4) is 5.75 Å². The van der Waals surface area contributed by atoms with Crippen LogP contribution in [0.4, 0.5) is 0 Å². The molecular formula is C16H20N2O6S. The Kier molecular flexibility index (Phi) is 4.96. The lowest BCUT2D eigenvalue weighted by Gasteiger charge is -2.21. The zero-order valence-corrected chi connectivity index (χ0v) is 14.4. The number of carboxylic acids is 1. The second kappa shape index (κ2) is 7.01. The van der Waals surface area contributed by atoms with Crippen molar-refractivity contribution in [2.75, 3.05) is 13.2 Å². The molecule has 9 heteroatoms. The summed E-state index contributed by atoms with van der Waals surface area (Å²) < 4.78 is 31.6. The van der Waals surface area contributed by atoms with E-state index < -0.39 is 22.0 Å². The first-order valence-electron chi connectivity index (χ1n) is 8.15. The van der Waals surface area contributed by atoms with Gasteiger partial charge >= 0.3 is 5.97 Å². The van der Waals surface area contributed by atoms with E-state index in [1.54, 1.807) is 0 Å². The maximum Gasteiger partial charge on any atom is 0.322 e. The van der Waals surface area contributed by atoms with Crippen LogP contribution in [-0.4, -0.2) is 54.9 Å². The summed E-state index contributed by atoms with van der Waals surface area (Å²) in [4.78, 5) is 22.8. The van der Waals surface area contributed by atoms with Crippen molar-refractivity contribution in [3.63, 3.8) is 0 Å². The molecule has 1 aromatic rings. The lowest BCUT2D eigenvalue weighted by atomic mass is 10.2. The summed E-state index contributed by atoms with van der Waals surface area (Å²) >= 11 is 0. The number of rotatable bonds is 7. The highest BCUT2D eigenvalue weighted by Gasteiger charge is 2.39. The smallest absolute Gasteiger partial charge is 0.322 e. The minimum atomic E-state index is -3.87. The molecule has 1 aromatic carbocycles. The second-order valence-corrected chi connectivity index (χ2v) is 8.10. The van der Waals surface area contributed by atoms with E-state index in [2.05, 4.69) is 5.32 Å². The van der Waals surface area contributed by atoms with Crippen molar-refractivity contribution in [2.24, 2.45) is 0 Å². The molecule has 1 aliphatic carbocycles. The van der Waals surface area contributed by atoms with Crippen LogP contribution >= 0.6 is 0 Å². The highest BCUT2D eigenvalue weighted by Crippen LogP contribution is 2.27. The molecule has 136 valence electrons. The van der Waals surface area contributed by atoms with E-state index in [0.717, 1.165) is 17.1 Å². The van der Waals surface area contributed by atoms with E-state index in [1.807, 2.05) is 0 Å². The van der Waals surface area contributed by atoms with Crippen LogP contribution in [0.3, 0.4) is 0 Å². The van der Waals surface area contributed by atoms with Crippen molar-refractivity contribution >= 4 is 21.9 Å². The first kappa shape index (κ1) is 17.7. The highest BCUT2D eigenvalue weighted by molar-refractivity contribution is 7.89. The van der Waals surface area contributed by atoms with Gasteiger partial charge in [0, 0.05) is 12.6 Å². The summed E-state index contributed by atoms with van der Waals surface area (Å²) in [5.74, 6) is -0.968. The minimum Gasteiger partial charge on any atom is -0.484 e. The Morgan fingerprint density at radius 3 is 2.48 bits per heavy atom. The highest BCUT2D eigenvalue weighted by atomic mass is 32.2. The Morgan fingerprint density at radius 1 is 1.20 bits per heavy atom. The molecule has 2 aliphatic rings. The van der Waals surface area contributed by atoms with Crippen molar-refractivity contribution < 1.29 is 27.9 Å². The fourth-order valence-corrected chi connectivity index (χ4v) is 4.41. The molecule has 0 spiro atoms. The third-order valence-electron chi connectivity index (χ3n) is 4.23. The van der Waals surface area contributed by atoms with Crippen LogP contribution in [0.25, 0.3) is 0 Å². The monoisotopic (exact) mass is 368 g/mol. The molecule has 1 saturated heterocycles. The van der Waals surface area contributed by atoms with Crippen LogP contribution in [0.1, 0.15) is 25.7 Å². The molecule has 1 heterocycles. The summed E-state index contributed by atoms with van der Waals surface area (Å²) in [6.45, 7) is 0.0642. The van der Waals surface area contributed by atoms with Gasteiger partial charge in [0.05, 0.1) is 4.90 Å². The molecule has 0 aromatic heterocycles. The molecule has 8 nitrogen and oxygen atoms in total. The van der Waals surface area contributed by atoms with Gasteiger partial charge in [-0.05, 0) is 49.9 Å². The van der Waals surface area contributed by atoms with Crippen LogP contribution in [0.15, 0.2) is 29.2 Å². The molecule has 0 bridgehead atoms. The van der Waals surface area contributed by atoms with Gasteiger partial charge in [-0.15, -0.1) is 0 Å². The Balaban J connectivity index is 1.64. The van der Waals surface area contributed by atoms with E-state index in [9.17, 15) is 18.0 Å². The number of aliphatic carboxylic acids is 1. The number of carbonyl (C=O) groups excluding carboxylic acids is 1. The van der Waals surface area contributed by atoms with Gasteiger partial charge in [-0.1, -0.05) is 0 Å². The zero-order valence-electron chi connectivity index (χ0n) is 13.6. The number of nitrogens with one attached hydrogen (secondary N) is 1. The van der Waals surface area contributed by atoms with E-state index in [0.29, 0.717) is 18.6 Å². The molecular weight excluding hydrogens is 348 g/mol. The van der Waals surface area contributed by atoms with E-state index in [4.69, 9.17) is 9.84 Å². The molecule has 2 N–H and O–H groups in total. The molecule has 25 heavy (non-hydrogen) atoms. The summed E-state index contributed by atoms with van der Waals surface area (Å²) in [6, 6.07) is 4.88. The number of benzene rings is 1. The van der Waals surface area contributed by atoms with Gasteiger partial charge in [-0.2, -0.15) is 4.31 Å². The van der Waals surface area contributed by atoms with Crippen molar-refractivity contribution in [1.82, 2.24) is 9.62 Å². The summed E-state index contributed by atoms with van der Waals surface area (Å²) in [5, 5.41) is 12.0. The van der Waals surface area contributed by atoms with Crippen LogP contribution in [-0.2, 0) is 19.6 Å². The Labute approximate surface area is 145 Å². The third-order valence-corrected chi connectivity index (χ3v) is 6.15. The normalized spacial score (nSPS) is 21.0. The number of hydrogen-bond acceptors (Lipinski definition) is 5. The van der Waals surface area contributed by atoms with Crippen molar-refractivity contribution in [3.05, 3.63) is 24.3 Å². The second-order valence-electron chi connectivity index (χ2n) is 6.21. The Bertz CT molecular complexity index is 757. The van der Waals surface area contributed by atoms with Gasteiger partial charge in [0.1, 0.15) is 11.8 Å². The van der Waals surface area contributed by atoms with Gasteiger partial charge in [-0.25, -0.2) is 8.42 Å². The molecule has 3 rings (SSSR count). The molecule has 0 radical (unpaired) electrons. The number of sulfonamides is 1. The largest absolute Gasteiger partial charge is 0.484 e. The van der Waals surface area contributed by atoms with Crippen LogP contribution in [0.5, 0.6) is 5.75 Å². The fourth-order valence-electron chi connectivity index (χ4n) is 2.76. The Hall–Kier alpha value is -2.13. The molecule has 2 fully saturated rings. The van der Waals surface area contributed by atoms with Gasteiger partial charge in [0.15, 0.2) is 6.61 Å². The minimum absolute atomic E-state index is 0.00966. The van der Waals surface area contributed by atoms with E-state index in [-0.39, 0.29) is 30.0 Å². The van der Waals surface area contributed by atoms with Crippen molar-refractivity contribution in [2.45, 2.75) is 42.7 Å². The lowest BCUT2D eigenvalue weighted by molar-refractivity contribution is -0.140. The summed E-state index contributed by atoms with van der Waals surface area (Å²) in [6.07, 6.45) is 2.82. The number of carboxylic acid groups (broad SMARTS) is 1. The molecule has 1 aliphatic heterocycles. The molecule has 1 amide bonds. The predicted octanol–water partition coefficient (Wildman–Crippen LogP) is 0.582. The standard InChI is InChI=1S/C16H20N2O6S/c19-15(17-11-3-4-11)10-24-12-5-7-13(8-6-12)25(22,23)18-9-1-2-14(18)16(20)21/h5-8,11,14H,1-4,9-10H2,(H,17,19)(H,20,21). The Morgan fingerprint density at radius 2 is 1.88 bits per heavy atom. The first-order chi connectivity index (χ1) is 11.9. The number of hydrogen-bond donors (Lipinski definition) is 2. The predicted molar refractivity (Wildman–Crippen MR) is 87.7 cm³/mol. The maximum absolute atomic E-state index is 12.6. The number of carbonyl (C=O) groups is 2. The summed E-state index contributed by atoms with van der Waals surface area (Å²) in [5.41, 5.74) is 0. The SMILES string of the molecule is O=C(COc1ccc(S(=O)(=O)N2CCCC2C(=O)O)cc1)NC1CC1. The van der Waals surface area contributed by atoms with Gasteiger partial charge in [-0.3, -0.25) is 9.59 Å². The summed E-state index contributed by atoms with van der Waals surface area (Å²) in [7, 11) is -3.87. The zero-order chi connectivity index (χ0) is 18.0. The van der Waals surface area contributed by atoms with Gasteiger partial charge in [0.2, 0.25) is 10.0 Å². The topological polar surface area (TPSA) is 113 Å². The third kappa shape index (κ3) is 4.10. The van der Waals surface area contributed by atoms with E-state index in [1.165, 1.54) is 24.3 Å². The van der Waals surface area contributed by atoms with Crippen LogP contribution < -0.4 is 10.1 Å². The van der Waals surface area contributed by atoms with Gasteiger partial charge < -0.3 is 15.2 Å². The van der Waals surface area contributed by atoms with Gasteiger partial charge in [0.25, 0.3) is 5.91 Å². The van der Waals surface area contributed by atoms with Crippen molar-refractivity contribution in [1.29, 1.82) is 0 Å². The fraction of sp³-hybridized carbons (Fsp3) is 0.500. The van der Waals surface area contributed by atoms with E-state index >= 15 is 0 Å². The number of ether oxygens (including phenoxy) is 1. The molecule has 1 atom stereocenters. The number of nitrogens with zero attached hydrogens (tertiary/aromatic N) is 1. The lowest BCUT2D eigenvalue weighted by Crippen LogP contribution is -2.40.